The molecule has 5 heteroatoms. The quantitative estimate of drug-likeness (QED) is 0.751. The molecule has 2 rings (SSSR count). The molecule has 0 radical (unpaired) electrons. The van der Waals surface area contributed by atoms with Crippen LogP contribution in [0.4, 0.5) is 0 Å². The Kier molecular flexibility index (Phi) is 7.66. The second-order valence-electron chi connectivity index (χ2n) is 5.95. The first-order chi connectivity index (χ1) is 12.7. The van der Waals surface area contributed by atoms with Crippen LogP contribution >= 0.6 is 0 Å². The lowest BCUT2D eigenvalue weighted by Gasteiger charge is -2.21. The van der Waals surface area contributed by atoms with E-state index in [2.05, 4.69) is 13.0 Å². The zero-order valence-corrected chi connectivity index (χ0v) is 15.0. The molecule has 0 aliphatic carbocycles. The van der Waals surface area contributed by atoms with Gasteiger partial charge in [0.05, 0.1) is 18.2 Å². The molecule has 0 unspecified atom stereocenters. The van der Waals surface area contributed by atoms with Crippen molar-refractivity contribution in [3.63, 3.8) is 0 Å². The Hall–Kier alpha value is -2.84. The van der Waals surface area contributed by atoms with Crippen molar-refractivity contribution in [2.45, 2.75) is 26.4 Å². The zero-order valence-electron chi connectivity index (χ0n) is 15.0. The van der Waals surface area contributed by atoms with Crippen LogP contribution in [0.5, 0.6) is 5.75 Å². The van der Waals surface area contributed by atoms with Crippen LogP contribution in [0.3, 0.4) is 0 Å². The highest BCUT2D eigenvalue weighted by Crippen LogP contribution is 2.17. The predicted octanol–water partition coefficient (Wildman–Crippen LogP) is 3.37. The first kappa shape index (κ1) is 19.5. The van der Waals surface area contributed by atoms with Gasteiger partial charge in [-0.3, -0.25) is 4.79 Å². The highest BCUT2D eigenvalue weighted by atomic mass is 16.5. The van der Waals surface area contributed by atoms with E-state index in [9.17, 15) is 4.79 Å². The Morgan fingerprint density at radius 1 is 1.15 bits per heavy atom. The standard InChI is InChI=1S/C21H24N2O3/c1-2-3-12-23(13-14-24)21(25)17-8-10-20(11-9-17)26-16-19-7-5-4-6-18(19)15-22/h4-11,24H,2-3,12-14,16H2,1H3. The van der Waals surface area contributed by atoms with Gasteiger partial charge in [0.25, 0.3) is 5.91 Å². The Balaban J connectivity index is 2.00. The third kappa shape index (κ3) is 5.33. The number of rotatable bonds is 9. The maximum Gasteiger partial charge on any atom is 0.253 e. The van der Waals surface area contributed by atoms with Gasteiger partial charge in [0.15, 0.2) is 0 Å². The van der Waals surface area contributed by atoms with Gasteiger partial charge in [-0.2, -0.15) is 5.26 Å². The molecule has 0 saturated carbocycles. The molecule has 0 aliphatic rings. The third-order valence-electron chi connectivity index (χ3n) is 4.07. The Bertz CT molecular complexity index is 751. The van der Waals surface area contributed by atoms with Gasteiger partial charge in [-0.15, -0.1) is 0 Å². The van der Waals surface area contributed by atoms with Gasteiger partial charge in [-0.05, 0) is 36.8 Å². The highest BCUT2D eigenvalue weighted by Gasteiger charge is 2.14. The van der Waals surface area contributed by atoms with Crippen molar-refractivity contribution >= 4 is 5.91 Å². The highest BCUT2D eigenvalue weighted by molar-refractivity contribution is 5.94. The number of amides is 1. The van der Waals surface area contributed by atoms with E-state index < -0.39 is 0 Å². The minimum Gasteiger partial charge on any atom is -0.489 e. The number of hydrogen-bond acceptors (Lipinski definition) is 4. The van der Waals surface area contributed by atoms with E-state index in [4.69, 9.17) is 15.1 Å². The topological polar surface area (TPSA) is 73.6 Å². The number of benzene rings is 2. The number of ether oxygens (including phenoxy) is 1. The van der Waals surface area contributed by atoms with Crippen LogP contribution < -0.4 is 4.74 Å². The van der Waals surface area contributed by atoms with Crippen molar-refractivity contribution in [2.75, 3.05) is 19.7 Å². The Morgan fingerprint density at radius 3 is 2.54 bits per heavy atom. The number of unbranched alkanes of at least 4 members (excludes halogenated alkanes) is 1. The average molecular weight is 352 g/mol. The van der Waals surface area contributed by atoms with E-state index in [1.165, 1.54) is 0 Å². The van der Waals surface area contributed by atoms with E-state index in [1.807, 2.05) is 18.2 Å². The van der Waals surface area contributed by atoms with Gasteiger partial charge in [0.1, 0.15) is 12.4 Å². The predicted molar refractivity (Wildman–Crippen MR) is 99.8 cm³/mol. The molecular formula is C21H24N2O3. The normalized spacial score (nSPS) is 10.2. The molecule has 26 heavy (non-hydrogen) atoms. The molecular weight excluding hydrogens is 328 g/mol. The van der Waals surface area contributed by atoms with Crippen LogP contribution in [0.25, 0.3) is 0 Å². The summed E-state index contributed by atoms with van der Waals surface area (Å²) in [5, 5.41) is 18.3. The summed E-state index contributed by atoms with van der Waals surface area (Å²) in [5.74, 6) is 0.547. The van der Waals surface area contributed by atoms with Crippen LogP contribution in [-0.2, 0) is 6.61 Å². The minimum absolute atomic E-state index is 0.0467. The van der Waals surface area contributed by atoms with E-state index in [1.54, 1.807) is 35.2 Å². The van der Waals surface area contributed by atoms with Crippen LogP contribution in [0.2, 0.25) is 0 Å². The molecule has 2 aromatic rings. The number of aliphatic hydroxyl groups is 1. The molecule has 0 aliphatic heterocycles. The first-order valence-electron chi connectivity index (χ1n) is 8.80. The largest absolute Gasteiger partial charge is 0.489 e. The SMILES string of the molecule is CCCCN(CCO)C(=O)c1ccc(OCc2ccccc2C#N)cc1. The summed E-state index contributed by atoms with van der Waals surface area (Å²) in [6.45, 7) is 3.29. The smallest absolute Gasteiger partial charge is 0.253 e. The van der Waals surface area contributed by atoms with Crippen molar-refractivity contribution in [3.05, 3.63) is 65.2 Å². The van der Waals surface area contributed by atoms with Crippen molar-refractivity contribution in [1.82, 2.24) is 4.90 Å². The zero-order chi connectivity index (χ0) is 18.8. The maximum atomic E-state index is 12.6. The second-order valence-corrected chi connectivity index (χ2v) is 5.95. The maximum absolute atomic E-state index is 12.6. The van der Waals surface area contributed by atoms with Gasteiger partial charge in [0.2, 0.25) is 0 Å². The first-order valence-corrected chi connectivity index (χ1v) is 8.80. The molecule has 0 atom stereocenters. The van der Waals surface area contributed by atoms with Crippen molar-refractivity contribution in [2.24, 2.45) is 0 Å². The number of nitrogens with zero attached hydrogens (tertiary/aromatic N) is 2. The Morgan fingerprint density at radius 2 is 1.88 bits per heavy atom. The third-order valence-corrected chi connectivity index (χ3v) is 4.07. The monoisotopic (exact) mass is 352 g/mol. The van der Waals surface area contributed by atoms with Gasteiger partial charge < -0.3 is 14.7 Å². The van der Waals surface area contributed by atoms with Crippen LogP contribution in [-0.4, -0.2) is 35.6 Å². The molecule has 0 bridgehead atoms. The van der Waals surface area contributed by atoms with Crippen molar-refractivity contribution < 1.29 is 14.6 Å². The summed E-state index contributed by atoms with van der Waals surface area (Å²) >= 11 is 0. The average Bonchev–Trinajstić information content (AvgIpc) is 2.69. The number of carbonyl (C=O) groups excluding carboxylic acids is 1. The molecule has 0 fully saturated rings. The minimum atomic E-state index is -0.0890. The summed E-state index contributed by atoms with van der Waals surface area (Å²) in [6.07, 6.45) is 1.90. The van der Waals surface area contributed by atoms with E-state index in [-0.39, 0.29) is 12.5 Å². The molecule has 0 spiro atoms. The fourth-order valence-electron chi connectivity index (χ4n) is 2.58. The molecule has 5 nitrogen and oxygen atoms in total. The summed E-state index contributed by atoms with van der Waals surface area (Å²) in [7, 11) is 0. The van der Waals surface area contributed by atoms with Crippen LogP contribution in [0, 0.1) is 11.3 Å². The van der Waals surface area contributed by atoms with Gasteiger partial charge in [0, 0.05) is 24.2 Å². The number of hydrogen-bond donors (Lipinski definition) is 1. The van der Waals surface area contributed by atoms with Gasteiger partial charge in [-0.1, -0.05) is 31.5 Å². The molecule has 0 aromatic heterocycles. The van der Waals surface area contributed by atoms with Crippen LogP contribution in [0.15, 0.2) is 48.5 Å². The van der Waals surface area contributed by atoms with E-state index >= 15 is 0 Å². The summed E-state index contributed by atoms with van der Waals surface area (Å²) in [5.41, 5.74) is 1.98. The van der Waals surface area contributed by atoms with Gasteiger partial charge in [-0.25, -0.2) is 0 Å². The molecule has 1 amide bonds. The fourth-order valence-corrected chi connectivity index (χ4v) is 2.58. The van der Waals surface area contributed by atoms with Crippen molar-refractivity contribution in [3.8, 4) is 11.8 Å². The molecule has 1 N–H and O–H groups in total. The van der Waals surface area contributed by atoms with E-state index in [0.717, 1.165) is 18.4 Å². The summed E-state index contributed by atoms with van der Waals surface area (Å²) in [6, 6.07) is 16.4. The number of aliphatic hydroxyl groups excluding tert-OH is 1. The van der Waals surface area contributed by atoms with Gasteiger partial charge >= 0.3 is 0 Å². The molecule has 0 heterocycles. The lowest BCUT2D eigenvalue weighted by molar-refractivity contribution is 0.0719. The Labute approximate surface area is 154 Å². The molecule has 0 saturated heterocycles. The van der Waals surface area contributed by atoms with Crippen molar-refractivity contribution in [1.29, 1.82) is 5.26 Å². The lowest BCUT2D eigenvalue weighted by Crippen LogP contribution is -2.34. The molecule has 2 aromatic carbocycles. The second kappa shape index (κ2) is 10.2. The van der Waals surface area contributed by atoms with Crippen LogP contribution in [0.1, 0.15) is 41.3 Å². The summed E-state index contributed by atoms with van der Waals surface area (Å²) in [4.78, 5) is 14.2. The lowest BCUT2D eigenvalue weighted by atomic mass is 10.1. The fraction of sp³-hybridized carbons (Fsp3) is 0.333. The van der Waals surface area contributed by atoms with E-state index in [0.29, 0.717) is 36.6 Å². The summed E-state index contributed by atoms with van der Waals surface area (Å²) < 4.78 is 5.73. The number of carbonyl (C=O) groups is 1. The molecule has 136 valence electrons. The number of nitriles is 1.